The zero-order chi connectivity index (χ0) is 41.3. The zero-order valence-electron chi connectivity index (χ0n) is 34.9. The molecule has 4 amide bonds. The number of methoxy groups -OCH3 is 1. The van der Waals surface area contributed by atoms with Crippen LogP contribution in [0.25, 0.3) is 0 Å². The highest BCUT2D eigenvalue weighted by molar-refractivity contribution is 8.14. The normalized spacial score (nSPS) is 32.9. The molecule has 3 aliphatic rings. The number of hydrogen-bond donors (Lipinski definition) is 5. The average Bonchev–Trinajstić information content (AvgIpc) is 3.85. The van der Waals surface area contributed by atoms with Crippen LogP contribution in [-0.2, 0) is 30.3 Å². The van der Waals surface area contributed by atoms with Crippen LogP contribution >= 0.6 is 11.8 Å². The number of aliphatic hydroxyl groups is 2. The molecule has 1 aromatic rings. The Balaban J connectivity index is 1.63. The number of aliphatic hydroxyl groups excluding tert-OH is 2. The summed E-state index contributed by atoms with van der Waals surface area (Å²) in [5, 5.41) is 32.4. The molecule has 4 rings (SSSR count). The van der Waals surface area contributed by atoms with Gasteiger partial charge in [-0.2, -0.15) is 0 Å². The van der Waals surface area contributed by atoms with Gasteiger partial charge in [0.1, 0.15) is 23.9 Å². The lowest BCUT2D eigenvalue weighted by atomic mass is 9.81. The van der Waals surface area contributed by atoms with Crippen molar-refractivity contribution in [3.05, 3.63) is 29.8 Å². The van der Waals surface area contributed by atoms with Gasteiger partial charge in [-0.1, -0.05) is 67.0 Å². The van der Waals surface area contributed by atoms with Crippen molar-refractivity contribution in [1.82, 2.24) is 20.9 Å². The Morgan fingerprint density at radius 1 is 1.00 bits per heavy atom. The molecule has 13 nitrogen and oxygen atoms in total. The topological polar surface area (TPSA) is 179 Å². The second-order valence-electron chi connectivity index (χ2n) is 17.3. The molecule has 0 aromatic heterocycles. The third kappa shape index (κ3) is 12.4. The predicted octanol–water partition coefficient (Wildman–Crippen LogP) is 4.22. The quantitative estimate of drug-likeness (QED) is 0.292. The van der Waals surface area contributed by atoms with E-state index in [2.05, 4.69) is 43.6 Å². The predicted molar refractivity (Wildman–Crippen MR) is 219 cm³/mol. The summed E-state index contributed by atoms with van der Waals surface area (Å²) in [6.45, 7) is 16.0. The first-order valence-corrected chi connectivity index (χ1v) is 21.5. The van der Waals surface area contributed by atoms with Crippen molar-refractivity contribution < 1.29 is 38.9 Å². The summed E-state index contributed by atoms with van der Waals surface area (Å²) in [4.78, 5) is 61.7. The third-order valence-electron chi connectivity index (χ3n) is 11.6. The molecular weight excluding hydrogens is 735 g/mol. The molecule has 1 unspecified atom stereocenters. The van der Waals surface area contributed by atoms with E-state index in [1.165, 1.54) is 0 Å². The maximum Gasteiger partial charge on any atom is 0.245 e. The number of carbonyl (C=O) groups excluding carboxylic acids is 4. The molecule has 14 heteroatoms. The Labute approximate surface area is 337 Å². The second kappa shape index (κ2) is 20.5. The van der Waals surface area contributed by atoms with E-state index >= 15 is 0 Å². The number of benzene rings is 1. The first-order valence-electron chi connectivity index (χ1n) is 20.5. The lowest BCUT2D eigenvalue weighted by molar-refractivity contribution is -0.197. The van der Waals surface area contributed by atoms with Gasteiger partial charge in [0.25, 0.3) is 0 Å². The van der Waals surface area contributed by atoms with Gasteiger partial charge in [0.05, 0.1) is 36.4 Å². The second-order valence-corrected chi connectivity index (χ2v) is 18.3. The van der Waals surface area contributed by atoms with E-state index in [1.807, 2.05) is 32.9 Å². The van der Waals surface area contributed by atoms with Gasteiger partial charge in [0, 0.05) is 31.1 Å². The first kappa shape index (κ1) is 45.5. The Morgan fingerprint density at radius 3 is 2.34 bits per heavy atom. The van der Waals surface area contributed by atoms with Gasteiger partial charge in [-0.3, -0.25) is 24.2 Å². The fourth-order valence-electron chi connectivity index (χ4n) is 7.60. The monoisotopic (exact) mass is 801 g/mol. The van der Waals surface area contributed by atoms with Crippen LogP contribution in [0.5, 0.6) is 5.75 Å². The third-order valence-corrected chi connectivity index (χ3v) is 12.9. The van der Waals surface area contributed by atoms with Gasteiger partial charge in [-0.25, -0.2) is 0 Å². The number of thioether (sulfide) groups is 1. The molecule has 11 atom stereocenters. The minimum Gasteiger partial charge on any atom is -0.497 e. The van der Waals surface area contributed by atoms with E-state index in [0.29, 0.717) is 56.6 Å². The molecule has 1 saturated heterocycles. The zero-order valence-corrected chi connectivity index (χ0v) is 35.7. The Hall–Kier alpha value is -3.20. The van der Waals surface area contributed by atoms with Crippen LogP contribution in [0.3, 0.4) is 0 Å². The summed E-state index contributed by atoms with van der Waals surface area (Å²) in [5.74, 6) is -0.697. The molecular formula is C42H67N5O8S. The van der Waals surface area contributed by atoms with Crippen LogP contribution in [0, 0.1) is 23.2 Å². The molecule has 1 fully saturated rings. The van der Waals surface area contributed by atoms with E-state index in [1.54, 1.807) is 42.8 Å². The highest BCUT2D eigenvalue weighted by Gasteiger charge is 2.42. The molecule has 2 bridgehead atoms. The summed E-state index contributed by atoms with van der Waals surface area (Å²) in [7, 11) is 1.57. The number of ether oxygens (including phenoxy) is 2. The molecule has 0 radical (unpaired) electrons. The van der Waals surface area contributed by atoms with Crippen molar-refractivity contribution in [3.8, 4) is 5.75 Å². The summed E-state index contributed by atoms with van der Waals surface area (Å²) in [6.07, 6.45) is 1.48. The number of nitrogens with one attached hydrogen (secondary N) is 3. The number of carbonyl (C=O) groups is 4. The van der Waals surface area contributed by atoms with Crippen LogP contribution in [0.2, 0.25) is 0 Å². The average molecular weight is 802 g/mol. The SMILES string of the molecule is CC[C@H](C)[C@@H]1NC(=O)[C@H](C)NC(=O)[C@H](Cc2ccc(OC)cc2)NC(=O)CC[C@@H]2CSC(=N2)[C@@H](C)[C@@H](O)C[C@H](C)C[C@@H](C(C)(C)C)OC(O)[C@@H]2CCCN2C1=O. The summed E-state index contributed by atoms with van der Waals surface area (Å²) in [5.41, 5.74) is 0.452. The van der Waals surface area contributed by atoms with Crippen molar-refractivity contribution in [3.63, 3.8) is 0 Å². The van der Waals surface area contributed by atoms with Crippen LogP contribution in [0.15, 0.2) is 29.3 Å². The van der Waals surface area contributed by atoms with Crippen molar-refractivity contribution in [2.24, 2.45) is 28.2 Å². The van der Waals surface area contributed by atoms with Gasteiger partial charge in [-0.05, 0) is 74.0 Å². The fourth-order valence-corrected chi connectivity index (χ4v) is 8.85. The highest BCUT2D eigenvalue weighted by Crippen LogP contribution is 2.34. The molecule has 0 saturated carbocycles. The standard InChI is InChI=1S/C42H67N5O8S/c1-10-25(3)36-40(52)47-19-11-12-32(47)41(53)55-34(42(6,7)8)21-24(2)20-33(48)26(4)39-44-29(23-56-39)15-18-35(49)45-31(38(51)43-27(5)37(50)46-36)22-28-13-16-30(54-9)17-14-28/h13-14,16-17,24-27,29,31-34,36,41,48,53H,10-12,15,18-23H2,1-9H3,(H,43,51)(H,45,49)(H,46,50)/t24-,25-,26-,27-,29+,31-,32-,33-,34-,36-,41?/m0/s1. The van der Waals surface area contributed by atoms with Crippen LogP contribution in [0.4, 0.5) is 0 Å². The molecule has 314 valence electrons. The maximum absolute atomic E-state index is 14.3. The van der Waals surface area contributed by atoms with Crippen LogP contribution < -0.4 is 20.7 Å². The Kier molecular flexibility index (Phi) is 16.6. The van der Waals surface area contributed by atoms with Gasteiger partial charge < -0.3 is 40.5 Å². The molecule has 1 aromatic carbocycles. The number of amides is 4. The highest BCUT2D eigenvalue weighted by atomic mass is 32.2. The number of aliphatic imine (C=N–C) groups is 1. The van der Waals surface area contributed by atoms with E-state index in [4.69, 9.17) is 14.5 Å². The Morgan fingerprint density at radius 2 is 1.70 bits per heavy atom. The van der Waals surface area contributed by atoms with Crippen molar-refractivity contribution in [2.45, 2.75) is 155 Å². The molecule has 3 aliphatic heterocycles. The first-order chi connectivity index (χ1) is 26.4. The lowest BCUT2D eigenvalue weighted by Gasteiger charge is -2.39. The van der Waals surface area contributed by atoms with Gasteiger partial charge in [0.15, 0.2) is 6.29 Å². The molecule has 5 N–H and O–H groups in total. The van der Waals surface area contributed by atoms with Gasteiger partial charge in [0.2, 0.25) is 23.6 Å². The number of rotatable bonds is 5. The molecule has 0 aliphatic carbocycles. The summed E-state index contributed by atoms with van der Waals surface area (Å²) >= 11 is 1.61. The van der Waals surface area contributed by atoms with E-state index in [9.17, 15) is 29.4 Å². The van der Waals surface area contributed by atoms with E-state index in [-0.39, 0.29) is 60.0 Å². The van der Waals surface area contributed by atoms with E-state index < -0.39 is 48.4 Å². The number of fused-ring (bicyclic) bond motifs is 2. The smallest absolute Gasteiger partial charge is 0.245 e. The van der Waals surface area contributed by atoms with Crippen molar-refractivity contribution >= 4 is 40.4 Å². The van der Waals surface area contributed by atoms with E-state index in [0.717, 1.165) is 10.6 Å². The minimum atomic E-state index is -1.25. The summed E-state index contributed by atoms with van der Waals surface area (Å²) in [6, 6.07) is 3.60. The van der Waals surface area contributed by atoms with Crippen molar-refractivity contribution in [1.29, 1.82) is 0 Å². The maximum atomic E-state index is 14.3. The van der Waals surface area contributed by atoms with Crippen LogP contribution in [0.1, 0.15) is 106 Å². The largest absolute Gasteiger partial charge is 0.497 e. The molecule has 3 heterocycles. The lowest BCUT2D eigenvalue weighted by Crippen LogP contribution is -2.59. The van der Waals surface area contributed by atoms with Gasteiger partial charge in [-0.15, -0.1) is 11.8 Å². The minimum absolute atomic E-state index is 0.0559. The number of hydrogen-bond acceptors (Lipinski definition) is 10. The molecule has 0 spiro atoms. The number of nitrogens with zero attached hydrogens (tertiary/aromatic N) is 2. The summed E-state index contributed by atoms with van der Waals surface area (Å²) < 4.78 is 11.7. The Bertz CT molecular complexity index is 1520. The van der Waals surface area contributed by atoms with Crippen molar-refractivity contribution in [2.75, 3.05) is 19.4 Å². The fraction of sp³-hybridized carbons (Fsp3) is 0.738. The molecule has 56 heavy (non-hydrogen) atoms. The van der Waals surface area contributed by atoms with Gasteiger partial charge >= 0.3 is 0 Å². The van der Waals surface area contributed by atoms with Crippen LogP contribution in [-0.4, -0.2) is 112 Å².